The Labute approximate surface area is 205 Å². The van der Waals surface area contributed by atoms with Gasteiger partial charge >= 0.3 is 0 Å². The van der Waals surface area contributed by atoms with Crippen LogP contribution in [0.25, 0.3) is 0 Å². The van der Waals surface area contributed by atoms with E-state index in [2.05, 4.69) is 21.7 Å². The molecule has 0 aromatic heterocycles. The van der Waals surface area contributed by atoms with E-state index >= 15 is 0 Å². The summed E-state index contributed by atoms with van der Waals surface area (Å²) in [6.45, 7) is 8.36. The molecule has 1 aliphatic rings. The van der Waals surface area contributed by atoms with Crippen molar-refractivity contribution in [1.82, 2.24) is 10.6 Å². The summed E-state index contributed by atoms with van der Waals surface area (Å²) in [6, 6.07) is 0. The first-order chi connectivity index (χ1) is 15.7. The van der Waals surface area contributed by atoms with E-state index in [-0.39, 0.29) is 17.2 Å². The molecule has 0 radical (unpaired) electrons. The van der Waals surface area contributed by atoms with E-state index < -0.39 is 0 Å². The van der Waals surface area contributed by atoms with E-state index in [0.29, 0.717) is 28.2 Å². The zero-order chi connectivity index (χ0) is 23.7. The topological polar surface area (TPSA) is 79.8 Å². The summed E-state index contributed by atoms with van der Waals surface area (Å²) in [4.78, 5) is 28.0. The van der Waals surface area contributed by atoms with Crippen molar-refractivity contribution in [2.45, 2.75) is 83.4 Å². The van der Waals surface area contributed by atoms with Crippen LogP contribution in [0.1, 0.15) is 78.1 Å². The van der Waals surface area contributed by atoms with Crippen molar-refractivity contribution in [3.63, 3.8) is 0 Å². The molecule has 1 aliphatic heterocycles. The second kappa shape index (κ2) is 25.1. The van der Waals surface area contributed by atoms with Crippen LogP contribution >= 0.6 is 30.4 Å². The molecule has 9 heteroatoms. The number of nitrogens with one attached hydrogen (secondary N) is 2. The van der Waals surface area contributed by atoms with Crippen LogP contribution in [0.4, 0.5) is 0 Å². The van der Waals surface area contributed by atoms with E-state index in [1.165, 1.54) is 0 Å². The number of unbranched alkanes of at least 4 members (excludes halogenated alkanes) is 5. The standard InChI is InChI=1S/C21H38N3O3PS2.C2H6/c1-28-27-17-10-3-2-7-14-22-19(25)11-5-4-8-15-23-20(26)13-18-29-30-21-12-6-9-16-24-21;1-2/h6,9,16,21,28H,2-5,7-8,10-15,17-18H2,1H3,(H,22,25)(H,23,26);1-2H3. The number of amides is 2. The molecule has 186 valence electrons. The van der Waals surface area contributed by atoms with Gasteiger partial charge < -0.3 is 15.2 Å². The lowest BCUT2D eigenvalue weighted by atomic mass is 10.1. The van der Waals surface area contributed by atoms with Gasteiger partial charge in [0.2, 0.25) is 11.8 Å². The van der Waals surface area contributed by atoms with Gasteiger partial charge in [-0.1, -0.05) is 60.8 Å². The van der Waals surface area contributed by atoms with Crippen LogP contribution in [0, 0.1) is 0 Å². The Hall–Kier alpha value is -0.560. The largest absolute Gasteiger partial charge is 0.363 e. The Kier molecular flexibility index (Phi) is 24.6. The molecule has 2 N–H and O–H groups in total. The Morgan fingerprint density at radius 3 is 2.31 bits per heavy atom. The van der Waals surface area contributed by atoms with Crippen molar-refractivity contribution in [3.8, 4) is 0 Å². The lowest BCUT2D eigenvalue weighted by Gasteiger charge is -2.10. The number of allylic oxidation sites excluding steroid dienone is 1. The highest BCUT2D eigenvalue weighted by molar-refractivity contribution is 8.76. The summed E-state index contributed by atoms with van der Waals surface area (Å²) in [7, 11) is 4.02. The number of hydrogen-bond donors (Lipinski definition) is 2. The van der Waals surface area contributed by atoms with Crippen LogP contribution in [0.15, 0.2) is 17.1 Å². The SMILES string of the molecule is CC.CPOCCCCCCNC(=O)CCCCCNC(=O)CCSSC1CC=CC=N1. The molecule has 2 atom stereocenters. The fourth-order valence-corrected chi connectivity index (χ4v) is 5.34. The summed E-state index contributed by atoms with van der Waals surface area (Å²) in [5.41, 5.74) is 0. The van der Waals surface area contributed by atoms with Gasteiger partial charge in [-0.05, 0) is 44.8 Å². The van der Waals surface area contributed by atoms with Crippen molar-refractivity contribution in [1.29, 1.82) is 0 Å². The second-order valence-corrected chi connectivity index (χ2v) is 10.4. The van der Waals surface area contributed by atoms with Crippen molar-refractivity contribution in [3.05, 3.63) is 12.2 Å². The molecular weight excluding hydrogens is 461 g/mol. The molecule has 0 aromatic rings. The Morgan fingerprint density at radius 2 is 1.66 bits per heavy atom. The third-order valence-electron chi connectivity index (χ3n) is 4.45. The first-order valence-corrected chi connectivity index (χ1v) is 15.8. The minimum absolute atomic E-state index is 0.106. The predicted octanol–water partition coefficient (Wildman–Crippen LogP) is 5.73. The molecule has 2 unspecified atom stereocenters. The van der Waals surface area contributed by atoms with Crippen molar-refractivity contribution >= 4 is 48.4 Å². The molecule has 0 bridgehead atoms. The first-order valence-electron chi connectivity index (χ1n) is 12.0. The van der Waals surface area contributed by atoms with Gasteiger partial charge in [-0.3, -0.25) is 14.6 Å². The van der Waals surface area contributed by atoms with Crippen LogP contribution in [-0.4, -0.2) is 55.5 Å². The first kappa shape index (κ1) is 31.4. The zero-order valence-corrected chi connectivity index (χ0v) is 22.8. The van der Waals surface area contributed by atoms with Crippen LogP contribution < -0.4 is 10.6 Å². The molecule has 1 heterocycles. The normalized spacial score (nSPS) is 14.9. The van der Waals surface area contributed by atoms with Crippen molar-refractivity contribution in [2.75, 3.05) is 32.1 Å². The molecule has 2 amide bonds. The van der Waals surface area contributed by atoms with Gasteiger partial charge in [0.15, 0.2) is 0 Å². The third kappa shape index (κ3) is 21.3. The van der Waals surface area contributed by atoms with Crippen LogP contribution in [0.5, 0.6) is 0 Å². The lowest BCUT2D eigenvalue weighted by molar-refractivity contribution is -0.122. The summed E-state index contributed by atoms with van der Waals surface area (Å²) < 4.78 is 5.33. The molecule has 0 fully saturated rings. The van der Waals surface area contributed by atoms with Crippen LogP contribution in [0.2, 0.25) is 0 Å². The predicted molar refractivity (Wildman–Crippen MR) is 145 cm³/mol. The number of dihydropyridines is 1. The number of hydrogen-bond acceptors (Lipinski definition) is 6. The van der Waals surface area contributed by atoms with E-state index in [9.17, 15) is 9.59 Å². The maximum atomic E-state index is 11.8. The Balaban J connectivity index is 0.00000466. The lowest BCUT2D eigenvalue weighted by Crippen LogP contribution is -2.25. The summed E-state index contributed by atoms with van der Waals surface area (Å²) in [5.74, 6) is 1.05. The van der Waals surface area contributed by atoms with Crippen LogP contribution in [-0.2, 0) is 14.1 Å². The van der Waals surface area contributed by atoms with E-state index in [0.717, 1.165) is 70.3 Å². The minimum atomic E-state index is 0.106. The average molecular weight is 506 g/mol. The van der Waals surface area contributed by atoms with Crippen molar-refractivity contribution in [2.24, 2.45) is 4.99 Å². The minimum Gasteiger partial charge on any atom is -0.363 e. The van der Waals surface area contributed by atoms with Gasteiger partial charge in [-0.2, -0.15) is 0 Å². The molecule has 32 heavy (non-hydrogen) atoms. The highest BCUT2D eigenvalue weighted by Gasteiger charge is 2.08. The van der Waals surface area contributed by atoms with Gasteiger partial charge in [0.25, 0.3) is 0 Å². The number of rotatable bonds is 19. The highest BCUT2D eigenvalue weighted by atomic mass is 33.1. The molecule has 0 aromatic carbocycles. The summed E-state index contributed by atoms with van der Waals surface area (Å²) >= 11 is 0. The Bertz CT molecular complexity index is 523. The monoisotopic (exact) mass is 505 g/mol. The molecule has 0 aliphatic carbocycles. The van der Waals surface area contributed by atoms with Crippen molar-refractivity contribution < 1.29 is 14.1 Å². The van der Waals surface area contributed by atoms with Gasteiger partial charge in [0.1, 0.15) is 5.37 Å². The average Bonchev–Trinajstić information content (AvgIpc) is 2.82. The smallest absolute Gasteiger partial charge is 0.220 e. The summed E-state index contributed by atoms with van der Waals surface area (Å²) in [6.07, 6.45) is 15.2. The molecule has 0 saturated carbocycles. The third-order valence-corrected chi connectivity index (χ3v) is 7.56. The summed E-state index contributed by atoms with van der Waals surface area (Å²) in [5, 5.41) is 6.24. The Morgan fingerprint density at radius 1 is 1.00 bits per heavy atom. The number of carbonyl (C=O) groups is 2. The molecular formula is C23H44N3O3PS2. The number of aliphatic imine (C=N–C) groups is 1. The van der Waals surface area contributed by atoms with Gasteiger partial charge in [-0.25, -0.2) is 0 Å². The van der Waals surface area contributed by atoms with E-state index in [1.807, 2.05) is 32.8 Å². The van der Waals surface area contributed by atoms with Gasteiger partial charge in [0, 0.05) is 46.7 Å². The molecule has 0 saturated heterocycles. The van der Waals surface area contributed by atoms with Gasteiger partial charge in [0.05, 0.1) is 6.61 Å². The van der Waals surface area contributed by atoms with Gasteiger partial charge in [-0.15, -0.1) is 0 Å². The zero-order valence-electron chi connectivity index (χ0n) is 20.2. The molecule has 6 nitrogen and oxygen atoms in total. The molecule has 1 rings (SSSR count). The van der Waals surface area contributed by atoms with E-state index in [4.69, 9.17) is 4.52 Å². The number of carbonyl (C=O) groups excluding carboxylic acids is 2. The fourth-order valence-electron chi connectivity index (χ4n) is 2.76. The quantitative estimate of drug-likeness (QED) is 0.133. The van der Waals surface area contributed by atoms with Crippen LogP contribution in [0.3, 0.4) is 0 Å². The van der Waals surface area contributed by atoms with E-state index in [1.54, 1.807) is 21.6 Å². The maximum Gasteiger partial charge on any atom is 0.220 e. The highest BCUT2D eigenvalue weighted by Crippen LogP contribution is 2.31. The number of nitrogens with zero attached hydrogens (tertiary/aromatic N) is 1. The fraction of sp³-hybridized carbons (Fsp3) is 0.783. The molecule has 0 spiro atoms. The maximum absolute atomic E-state index is 11.8. The second-order valence-electron chi connectivity index (χ2n) is 7.06.